The van der Waals surface area contributed by atoms with Gasteiger partial charge in [-0.15, -0.1) is 11.3 Å². The first-order valence-electron chi connectivity index (χ1n) is 4.05. The van der Waals surface area contributed by atoms with E-state index in [1.807, 2.05) is 5.38 Å². The van der Waals surface area contributed by atoms with E-state index in [0.29, 0.717) is 22.5 Å². The van der Waals surface area contributed by atoms with Crippen molar-refractivity contribution in [3.05, 3.63) is 17.9 Å². The van der Waals surface area contributed by atoms with Gasteiger partial charge in [-0.3, -0.25) is 0 Å². The van der Waals surface area contributed by atoms with Gasteiger partial charge in [-0.25, -0.2) is 20.8 Å². The SMILES string of the molecule is NNc1ncnc(Nc2nccs2)c1N. The maximum absolute atomic E-state index is 5.76. The number of anilines is 4. The number of hydrazine groups is 1. The predicted octanol–water partition coefficient (Wildman–Crippen LogP) is 0.544. The third-order valence-corrected chi connectivity index (χ3v) is 2.37. The summed E-state index contributed by atoms with van der Waals surface area (Å²) in [7, 11) is 0. The Labute approximate surface area is 89.5 Å². The Bertz CT molecular complexity index is 441. The van der Waals surface area contributed by atoms with Crippen molar-refractivity contribution in [1.82, 2.24) is 15.0 Å². The lowest BCUT2D eigenvalue weighted by molar-refractivity contribution is 1.14. The molecule has 0 saturated heterocycles. The van der Waals surface area contributed by atoms with Crippen molar-refractivity contribution in [2.75, 3.05) is 16.5 Å². The number of nitrogens with zero attached hydrogens (tertiary/aromatic N) is 3. The molecule has 2 heterocycles. The summed E-state index contributed by atoms with van der Waals surface area (Å²) in [6.07, 6.45) is 3.05. The molecule has 0 saturated carbocycles. The minimum Gasteiger partial charge on any atom is -0.393 e. The highest BCUT2D eigenvalue weighted by Gasteiger charge is 2.07. The van der Waals surface area contributed by atoms with Gasteiger partial charge in [-0.2, -0.15) is 0 Å². The van der Waals surface area contributed by atoms with Crippen molar-refractivity contribution >= 4 is 33.8 Å². The quantitative estimate of drug-likeness (QED) is 0.443. The number of thiazole rings is 1. The van der Waals surface area contributed by atoms with Crippen LogP contribution in [0.5, 0.6) is 0 Å². The first-order chi connectivity index (χ1) is 7.31. The number of aromatic nitrogens is 3. The molecule has 6 N–H and O–H groups in total. The second-order valence-corrected chi connectivity index (χ2v) is 3.49. The van der Waals surface area contributed by atoms with E-state index >= 15 is 0 Å². The third kappa shape index (κ3) is 1.95. The van der Waals surface area contributed by atoms with Gasteiger partial charge in [0.15, 0.2) is 16.8 Å². The van der Waals surface area contributed by atoms with Crippen LogP contribution in [0, 0.1) is 0 Å². The fourth-order valence-electron chi connectivity index (χ4n) is 0.997. The first-order valence-corrected chi connectivity index (χ1v) is 4.93. The number of rotatable bonds is 3. The maximum Gasteiger partial charge on any atom is 0.188 e. The monoisotopic (exact) mass is 223 g/mol. The van der Waals surface area contributed by atoms with Gasteiger partial charge >= 0.3 is 0 Å². The van der Waals surface area contributed by atoms with E-state index in [9.17, 15) is 0 Å². The molecule has 8 heteroatoms. The van der Waals surface area contributed by atoms with E-state index in [0.717, 1.165) is 0 Å². The van der Waals surface area contributed by atoms with Crippen LogP contribution in [0.25, 0.3) is 0 Å². The normalized spacial score (nSPS) is 9.93. The first kappa shape index (κ1) is 9.62. The average molecular weight is 223 g/mol. The van der Waals surface area contributed by atoms with Crippen molar-refractivity contribution in [2.45, 2.75) is 0 Å². The summed E-state index contributed by atoms with van der Waals surface area (Å²) < 4.78 is 0. The Morgan fingerprint density at radius 2 is 2.00 bits per heavy atom. The zero-order valence-corrected chi connectivity index (χ0v) is 8.45. The molecule has 0 aliphatic carbocycles. The van der Waals surface area contributed by atoms with E-state index < -0.39 is 0 Å². The molecule has 0 fully saturated rings. The van der Waals surface area contributed by atoms with Gasteiger partial charge in [0.1, 0.15) is 12.0 Å². The van der Waals surface area contributed by atoms with Crippen LogP contribution in [-0.4, -0.2) is 15.0 Å². The van der Waals surface area contributed by atoms with Crippen molar-refractivity contribution in [1.29, 1.82) is 0 Å². The Morgan fingerprint density at radius 3 is 2.67 bits per heavy atom. The average Bonchev–Trinajstić information content (AvgIpc) is 2.74. The minimum absolute atomic E-state index is 0.357. The van der Waals surface area contributed by atoms with Crippen LogP contribution in [0.1, 0.15) is 0 Å². The Balaban J connectivity index is 2.29. The van der Waals surface area contributed by atoms with Gasteiger partial charge in [0.2, 0.25) is 0 Å². The highest BCUT2D eigenvalue weighted by molar-refractivity contribution is 7.13. The number of nitrogens with two attached hydrogens (primary N) is 2. The minimum atomic E-state index is 0.357. The molecule has 2 aromatic rings. The van der Waals surface area contributed by atoms with Gasteiger partial charge in [0.05, 0.1) is 0 Å². The molecule has 0 unspecified atom stereocenters. The number of nitrogen functional groups attached to an aromatic ring is 2. The summed E-state index contributed by atoms with van der Waals surface area (Å²) in [6.45, 7) is 0. The zero-order valence-electron chi connectivity index (χ0n) is 7.64. The fraction of sp³-hybridized carbons (Fsp3) is 0. The third-order valence-electron chi connectivity index (χ3n) is 1.68. The molecule has 0 radical (unpaired) electrons. The van der Waals surface area contributed by atoms with Crippen LogP contribution in [-0.2, 0) is 0 Å². The van der Waals surface area contributed by atoms with Gasteiger partial charge in [0, 0.05) is 11.6 Å². The van der Waals surface area contributed by atoms with Crippen LogP contribution in [0.3, 0.4) is 0 Å². The van der Waals surface area contributed by atoms with Crippen LogP contribution < -0.4 is 22.3 Å². The standard InChI is InChI=1S/C7H9N7S/c8-4-5(11-3-12-6(4)14-9)13-7-10-1-2-15-7/h1-3H,8-9H2,(H2,10,11,12,13,14). The highest BCUT2D eigenvalue weighted by Crippen LogP contribution is 2.25. The summed E-state index contributed by atoms with van der Waals surface area (Å²) in [5.41, 5.74) is 8.50. The Morgan fingerprint density at radius 1 is 1.20 bits per heavy atom. The van der Waals surface area contributed by atoms with Crippen LogP contribution in [0.15, 0.2) is 17.9 Å². The molecule has 0 spiro atoms. The molecular formula is C7H9N7S. The molecule has 0 aromatic carbocycles. The van der Waals surface area contributed by atoms with Crippen LogP contribution >= 0.6 is 11.3 Å². The van der Waals surface area contributed by atoms with Crippen LogP contribution in [0.2, 0.25) is 0 Å². The molecular weight excluding hydrogens is 214 g/mol. The molecule has 0 bridgehead atoms. The highest BCUT2D eigenvalue weighted by atomic mass is 32.1. The number of hydrogen-bond donors (Lipinski definition) is 4. The molecule has 0 aliphatic rings. The van der Waals surface area contributed by atoms with Crippen molar-refractivity contribution in [3.63, 3.8) is 0 Å². The second-order valence-electron chi connectivity index (χ2n) is 2.59. The molecule has 15 heavy (non-hydrogen) atoms. The van der Waals surface area contributed by atoms with Crippen molar-refractivity contribution in [2.24, 2.45) is 5.84 Å². The predicted molar refractivity (Wildman–Crippen MR) is 59.7 cm³/mol. The van der Waals surface area contributed by atoms with Gasteiger partial charge < -0.3 is 16.5 Å². The summed E-state index contributed by atoms with van der Waals surface area (Å²) in [4.78, 5) is 11.9. The van der Waals surface area contributed by atoms with E-state index in [1.165, 1.54) is 17.7 Å². The van der Waals surface area contributed by atoms with Crippen molar-refractivity contribution < 1.29 is 0 Å². The molecule has 0 amide bonds. The van der Waals surface area contributed by atoms with E-state index in [-0.39, 0.29) is 0 Å². The van der Waals surface area contributed by atoms with E-state index in [2.05, 4.69) is 25.7 Å². The van der Waals surface area contributed by atoms with Gasteiger partial charge in [-0.05, 0) is 0 Å². The summed E-state index contributed by atoms with van der Waals surface area (Å²) in [6, 6.07) is 0. The molecule has 7 nitrogen and oxygen atoms in total. The second kappa shape index (κ2) is 4.07. The summed E-state index contributed by atoms with van der Waals surface area (Å²) in [5.74, 6) is 6.09. The van der Waals surface area contributed by atoms with E-state index in [4.69, 9.17) is 11.6 Å². The molecule has 2 rings (SSSR count). The lowest BCUT2D eigenvalue weighted by Gasteiger charge is -2.07. The van der Waals surface area contributed by atoms with Gasteiger partial charge in [0.25, 0.3) is 0 Å². The fourth-order valence-corrected chi connectivity index (χ4v) is 1.52. The van der Waals surface area contributed by atoms with Crippen LogP contribution in [0.4, 0.5) is 22.5 Å². The topological polar surface area (TPSA) is 115 Å². The van der Waals surface area contributed by atoms with E-state index in [1.54, 1.807) is 6.20 Å². The van der Waals surface area contributed by atoms with Crippen molar-refractivity contribution in [3.8, 4) is 0 Å². The number of nitrogens with one attached hydrogen (secondary N) is 2. The Kier molecular flexibility index (Phi) is 2.61. The molecule has 2 aromatic heterocycles. The maximum atomic E-state index is 5.76. The number of hydrogen-bond acceptors (Lipinski definition) is 8. The summed E-state index contributed by atoms with van der Waals surface area (Å²) in [5, 5.41) is 5.52. The lowest BCUT2D eigenvalue weighted by atomic mass is 10.4. The Hall–Kier alpha value is -1.93. The summed E-state index contributed by atoms with van der Waals surface area (Å²) >= 11 is 1.45. The molecule has 78 valence electrons. The van der Waals surface area contributed by atoms with Gasteiger partial charge in [-0.1, -0.05) is 0 Å². The largest absolute Gasteiger partial charge is 0.393 e. The smallest absolute Gasteiger partial charge is 0.188 e. The zero-order chi connectivity index (χ0) is 10.7. The molecule has 0 atom stereocenters. The molecule has 0 aliphatic heterocycles. The lowest BCUT2D eigenvalue weighted by Crippen LogP contribution is -2.12.